The fourth-order valence-electron chi connectivity index (χ4n) is 1.51. The van der Waals surface area contributed by atoms with Gasteiger partial charge in [-0.05, 0) is 25.9 Å². The van der Waals surface area contributed by atoms with Crippen LogP contribution >= 0.6 is 0 Å². The molecular weight excluding hydrogens is 242 g/mol. The van der Waals surface area contributed by atoms with Crippen LogP contribution in [0.15, 0.2) is 0 Å². The first-order valence-corrected chi connectivity index (χ1v) is 7.88. The zero-order valence-corrected chi connectivity index (χ0v) is 11.5. The van der Waals surface area contributed by atoms with Gasteiger partial charge in [0.25, 0.3) is 0 Å². The largest absolute Gasteiger partial charge is 0.481 e. The molecule has 0 aromatic rings. The molecule has 0 atom stereocenters. The molecule has 0 heterocycles. The highest BCUT2D eigenvalue weighted by atomic mass is 32.2. The third-order valence-electron chi connectivity index (χ3n) is 2.71. The van der Waals surface area contributed by atoms with E-state index in [2.05, 4.69) is 4.90 Å². The zero-order valence-electron chi connectivity index (χ0n) is 10.7. The number of aliphatic carboxylic acids is 1. The Labute approximate surface area is 104 Å². The van der Waals surface area contributed by atoms with Gasteiger partial charge in [-0.25, -0.2) is 8.42 Å². The van der Waals surface area contributed by atoms with Crippen molar-refractivity contribution in [3.63, 3.8) is 0 Å². The van der Waals surface area contributed by atoms with Crippen LogP contribution in [0.2, 0.25) is 0 Å². The molecule has 0 radical (unpaired) electrons. The Bertz CT molecular complexity index is 309. The fraction of sp³-hybridized carbons (Fsp3) is 0.909. The number of carbonyl (C=O) groups is 1. The lowest BCUT2D eigenvalue weighted by atomic mass is 10.3. The van der Waals surface area contributed by atoms with Gasteiger partial charge >= 0.3 is 5.97 Å². The van der Waals surface area contributed by atoms with Gasteiger partial charge in [0, 0.05) is 13.0 Å². The Kier molecular flexibility index (Phi) is 8.16. The molecule has 0 bridgehead atoms. The third kappa shape index (κ3) is 9.12. The number of unbranched alkanes of at least 4 members (excludes halogenated alkanes) is 1. The van der Waals surface area contributed by atoms with Crippen molar-refractivity contribution in [1.82, 2.24) is 4.90 Å². The molecule has 0 amide bonds. The summed E-state index contributed by atoms with van der Waals surface area (Å²) in [7, 11) is -3.03. The monoisotopic (exact) mass is 265 g/mol. The van der Waals surface area contributed by atoms with Crippen LogP contribution in [0.4, 0.5) is 0 Å². The summed E-state index contributed by atoms with van der Waals surface area (Å²) in [4.78, 5) is 12.3. The number of hydrogen-bond acceptors (Lipinski definition) is 4. The molecule has 0 rings (SSSR count). The number of carboxylic acids is 1. The third-order valence-corrected chi connectivity index (χ3v) is 4.42. The smallest absolute Gasteiger partial charge is 0.303 e. The van der Waals surface area contributed by atoms with E-state index in [0.29, 0.717) is 19.4 Å². The summed E-state index contributed by atoms with van der Waals surface area (Å²) in [5.41, 5.74) is 0. The maximum atomic E-state index is 11.6. The number of rotatable bonds is 10. The van der Waals surface area contributed by atoms with E-state index in [9.17, 15) is 13.2 Å². The van der Waals surface area contributed by atoms with Crippen LogP contribution in [-0.2, 0) is 14.6 Å². The average Bonchev–Trinajstić information content (AvgIpc) is 2.25. The molecule has 0 aliphatic carbocycles. The summed E-state index contributed by atoms with van der Waals surface area (Å²) < 4.78 is 23.3. The summed E-state index contributed by atoms with van der Waals surface area (Å²) >= 11 is 0. The lowest BCUT2D eigenvalue weighted by Gasteiger charge is -2.17. The Hall–Kier alpha value is -0.620. The Balaban J connectivity index is 3.84. The normalized spacial score (nSPS) is 11.9. The molecule has 0 aliphatic rings. The molecular formula is C11H23NO4S. The van der Waals surface area contributed by atoms with Crippen molar-refractivity contribution in [3.8, 4) is 0 Å². The van der Waals surface area contributed by atoms with Crippen molar-refractivity contribution < 1.29 is 18.3 Å². The molecule has 0 aromatic heterocycles. The van der Waals surface area contributed by atoms with E-state index in [4.69, 9.17) is 5.11 Å². The lowest BCUT2D eigenvalue weighted by molar-refractivity contribution is -0.137. The highest BCUT2D eigenvalue weighted by molar-refractivity contribution is 7.91. The molecule has 0 aliphatic heterocycles. The van der Waals surface area contributed by atoms with Gasteiger partial charge in [0.05, 0.1) is 11.5 Å². The second-order valence-corrected chi connectivity index (χ2v) is 6.33. The molecule has 5 nitrogen and oxygen atoms in total. The molecule has 102 valence electrons. The molecule has 0 fully saturated rings. The maximum Gasteiger partial charge on any atom is 0.303 e. The summed E-state index contributed by atoms with van der Waals surface area (Å²) in [6, 6.07) is 0. The van der Waals surface area contributed by atoms with Crippen LogP contribution in [0.5, 0.6) is 0 Å². The van der Waals surface area contributed by atoms with Crippen LogP contribution in [-0.4, -0.2) is 55.5 Å². The van der Waals surface area contributed by atoms with E-state index >= 15 is 0 Å². The first kappa shape index (κ1) is 16.4. The quantitative estimate of drug-likeness (QED) is 0.596. The SMILES string of the molecule is CCN(CC)CCS(=O)(=O)CCCCC(=O)O. The van der Waals surface area contributed by atoms with Gasteiger partial charge in [0.2, 0.25) is 0 Å². The highest BCUT2D eigenvalue weighted by Gasteiger charge is 2.12. The van der Waals surface area contributed by atoms with Crippen molar-refractivity contribution in [2.75, 3.05) is 31.1 Å². The van der Waals surface area contributed by atoms with Crippen molar-refractivity contribution in [1.29, 1.82) is 0 Å². The van der Waals surface area contributed by atoms with Crippen LogP contribution in [0.3, 0.4) is 0 Å². The molecule has 0 saturated carbocycles. The van der Waals surface area contributed by atoms with Crippen LogP contribution in [0, 0.1) is 0 Å². The summed E-state index contributed by atoms with van der Waals surface area (Å²) in [6.45, 7) is 6.27. The van der Waals surface area contributed by atoms with Crippen molar-refractivity contribution in [2.45, 2.75) is 33.1 Å². The summed E-state index contributed by atoms with van der Waals surface area (Å²) in [5, 5.41) is 8.43. The Morgan fingerprint density at radius 2 is 1.71 bits per heavy atom. The topological polar surface area (TPSA) is 74.7 Å². The molecule has 1 N–H and O–H groups in total. The number of sulfone groups is 1. The minimum absolute atomic E-state index is 0.0472. The summed E-state index contributed by atoms with van der Waals surface area (Å²) in [5.74, 6) is -0.603. The van der Waals surface area contributed by atoms with E-state index in [0.717, 1.165) is 13.1 Å². The van der Waals surface area contributed by atoms with Gasteiger partial charge in [-0.3, -0.25) is 4.79 Å². The Morgan fingerprint density at radius 1 is 1.12 bits per heavy atom. The van der Waals surface area contributed by atoms with Gasteiger partial charge in [-0.2, -0.15) is 0 Å². The van der Waals surface area contributed by atoms with Gasteiger partial charge in [-0.15, -0.1) is 0 Å². The number of carboxylic acid groups (broad SMARTS) is 1. The molecule has 17 heavy (non-hydrogen) atoms. The van der Waals surface area contributed by atoms with Gasteiger partial charge in [0.15, 0.2) is 9.84 Å². The fourth-order valence-corrected chi connectivity index (χ4v) is 2.89. The van der Waals surface area contributed by atoms with E-state index in [1.54, 1.807) is 0 Å². The predicted octanol–water partition coefficient (Wildman–Crippen LogP) is 0.998. The van der Waals surface area contributed by atoms with Crippen LogP contribution < -0.4 is 0 Å². The molecule has 0 spiro atoms. The van der Waals surface area contributed by atoms with E-state index in [1.807, 2.05) is 13.8 Å². The number of hydrogen-bond donors (Lipinski definition) is 1. The lowest BCUT2D eigenvalue weighted by Crippen LogP contribution is -2.29. The van der Waals surface area contributed by atoms with Crippen molar-refractivity contribution >= 4 is 15.8 Å². The van der Waals surface area contributed by atoms with Gasteiger partial charge in [0.1, 0.15) is 0 Å². The minimum atomic E-state index is -3.03. The highest BCUT2D eigenvalue weighted by Crippen LogP contribution is 2.02. The van der Waals surface area contributed by atoms with E-state index in [-0.39, 0.29) is 17.9 Å². The van der Waals surface area contributed by atoms with E-state index in [1.165, 1.54) is 0 Å². The van der Waals surface area contributed by atoms with Crippen LogP contribution in [0.1, 0.15) is 33.1 Å². The molecule has 0 saturated heterocycles. The second-order valence-electron chi connectivity index (χ2n) is 4.03. The van der Waals surface area contributed by atoms with Crippen molar-refractivity contribution in [3.05, 3.63) is 0 Å². The Morgan fingerprint density at radius 3 is 2.18 bits per heavy atom. The van der Waals surface area contributed by atoms with Gasteiger partial charge in [-0.1, -0.05) is 13.8 Å². The van der Waals surface area contributed by atoms with Gasteiger partial charge < -0.3 is 10.0 Å². The standard InChI is InChI=1S/C11H23NO4S/c1-3-12(4-2)8-10-17(15,16)9-6-5-7-11(13)14/h3-10H2,1-2H3,(H,13,14). The first-order chi connectivity index (χ1) is 7.91. The number of nitrogens with zero attached hydrogens (tertiary/aromatic N) is 1. The average molecular weight is 265 g/mol. The molecule has 0 unspecified atom stereocenters. The van der Waals surface area contributed by atoms with Crippen LogP contribution in [0.25, 0.3) is 0 Å². The maximum absolute atomic E-state index is 11.6. The van der Waals surface area contributed by atoms with E-state index < -0.39 is 15.8 Å². The minimum Gasteiger partial charge on any atom is -0.481 e. The second kappa shape index (κ2) is 8.47. The molecule has 6 heteroatoms. The summed E-state index contributed by atoms with van der Waals surface area (Å²) in [6.07, 6.45) is 0.915. The predicted molar refractivity (Wildman–Crippen MR) is 67.9 cm³/mol. The zero-order chi connectivity index (χ0) is 13.3. The van der Waals surface area contributed by atoms with Crippen molar-refractivity contribution in [2.24, 2.45) is 0 Å². The first-order valence-electron chi connectivity index (χ1n) is 6.05. The molecule has 0 aromatic carbocycles.